The standard InChI is InChI=1S/C24H17ClN2O3S/c25-18-10-6-17(7-11-18)15-30-20-12-8-16(9-13-20)14-21-22(28)26-24(31)27(23(21)29)19-4-2-1-3-5-19/h1-14H,15H2,(H,26,28,31)/b21-14-. The van der Waals surface area contributed by atoms with E-state index < -0.39 is 11.8 Å². The van der Waals surface area contributed by atoms with Crippen LogP contribution in [0.3, 0.4) is 0 Å². The molecule has 0 atom stereocenters. The Balaban J connectivity index is 1.50. The third-order valence-electron chi connectivity index (χ3n) is 4.63. The van der Waals surface area contributed by atoms with Gasteiger partial charge in [-0.25, -0.2) is 0 Å². The lowest BCUT2D eigenvalue weighted by Crippen LogP contribution is -2.54. The van der Waals surface area contributed by atoms with Gasteiger partial charge in [0.05, 0.1) is 5.69 Å². The predicted molar refractivity (Wildman–Crippen MR) is 125 cm³/mol. The molecule has 1 aliphatic heterocycles. The van der Waals surface area contributed by atoms with Gasteiger partial charge < -0.3 is 4.74 Å². The Morgan fingerprint density at radius 1 is 0.935 bits per heavy atom. The molecule has 0 radical (unpaired) electrons. The Kier molecular flexibility index (Phi) is 6.11. The van der Waals surface area contributed by atoms with Crippen molar-refractivity contribution in [1.82, 2.24) is 5.32 Å². The van der Waals surface area contributed by atoms with Gasteiger partial charge in [-0.3, -0.25) is 19.8 Å². The molecular weight excluding hydrogens is 432 g/mol. The molecule has 0 aliphatic carbocycles. The number of para-hydroxylation sites is 1. The molecule has 1 fully saturated rings. The zero-order valence-corrected chi connectivity index (χ0v) is 17.8. The fraction of sp³-hybridized carbons (Fsp3) is 0.0417. The molecular formula is C24H17ClN2O3S. The van der Waals surface area contributed by atoms with Crippen LogP contribution in [-0.2, 0) is 16.2 Å². The van der Waals surface area contributed by atoms with Gasteiger partial charge in [0.25, 0.3) is 11.8 Å². The lowest BCUT2D eigenvalue weighted by atomic mass is 10.1. The molecule has 4 rings (SSSR count). The number of carbonyl (C=O) groups excluding carboxylic acids is 2. The van der Waals surface area contributed by atoms with E-state index >= 15 is 0 Å². The van der Waals surface area contributed by atoms with Crippen LogP contribution >= 0.6 is 23.8 Å². The molecule has 2 amide bonds. The Labute approximate surface area is 189 Å². The SMILES string of the molecule is O=C1NC(=S)N(c2ccccc2)C(=O)/C1=C\c1ccc(OCc2ccc(Cl)cc2)cc1. The van der Waals surface area contributed by atoms with E-state index in [4.69, 9.17) is 28.6 Å². The van der Waals surface area contributed by atoms with Crippen LogP contribution in [0, 0.1) is 0 Å². The normalized spacial score (nSPS) is 15.2. The molecule has 0 unspecified atom stereocenters. The number of ether oxygens (including phenoxy) is 1. The third kappa shape index (κ3) is 4.82. The summed E-state index contributed by atoms with van der Waals surface area (Å²) in [7, 11) is 0. The first-order chi connectivity index (χ1) is 15.0. The van der Waals surface area contributed by atoms with Gasteiger partial charge in [-0.05, 0) is 65.8 Å². The van der Waals surface area contributed by atoms with Crippen LogP contribution in [0.1, 0.15) is 11.1 Å². The Bertz CT molecular complexity index is 1160. The van der Waals surface area contributed by atoms with Crippen molar-refractivity contribution in [2.24, 2.45) is 0 Å². The predicted octanol–water partition coefficient (Wildman–Crippen LogP) is 4.75. The maximum absolute atomic E-state index is 13.0. The lowest BCUT2D eigenvalue weighted by Gasteiger charge is -2.28. The molecule has 3 aromatic rings. The minimum Gasteiger partial charge on any atom is -0.489 e. The summed E-state index contributed by atoms with van der Waals surface area (Å²) in [4.78, 5) is 26.7. The van der Waals surface area contributed by atoms with Crippen LogP contribution in [0.25, 0.3) is 6.08 Å². The molecule has 154 valence electrons. The number of carbonyl (C=O) groups is 2. The summed E-state index contributed by atoms with van der Waals surface area (Å²) < 4.78 is 5.77. The Morgan fingerprint density at radius 2 is 1.61 bits per heavy atom. The number of nitrogens with one attached hydrogen (secondary N) is 1. The molecule has 0 bridgehead atoms. The van der Waals surface area contributed by atoms with E-state index in [2.05, 4.69) is 5.32 Å². The van der Waals surface area contributed by atoms with Crippen molar-refractivity contribution in [2.75, 3.05) is 4.90 Å². The molecule has 1 N–H and O–H groups in total. The lowest BCUT2D eigenvalue weighted by molar-refractivity contribution is -0.122. The van der Waals surface area contributed by atoms with Gasteiger partial charge in [0.2, 0.25) is 0 Å². The molecule has 1 heterocycles. The van der Waals surface area contributed by atoms with Crippen LogP contribution < -0.4 is 15.0 Å². The van der Waals surface area contributed by atoms with Gasteiger partial charge >= 0.3 is 0 Å². The van der Waals surface area contributed by atoms with Gasteiger partial charge in [-0.15, -0.1) is 0 Å². The largest absolute Gasteiger partial charge is 0.489 e. The van der Waals surface area contributed by atoms with Crippen molar-refractivity contribution in [3.05, 3.63) is 101 Å². The summed E-state index contributed by atoms with van der Waals surface area (Å²) in [5, 5.41) is 3.31. The van der Waals surface area contributed by atoms with Gasteiger partial charge in [0.1, 0.15) is 17.9 Å². The second-order valence-corrected chi connectivity index (χ2v) is 7.60. The van der Waals surface area contributed by atoms with Crippen molar-refractivity contribution in [3.63, 3.8) is 0 Å². The molecule has 7 heteroatoms. The van der Waals surface area contributed by atoms with E-state index in [0.29, 0.717) is 28.6 Å². The van der Waals surface area contributed by atoms with Crippen molar-refractivity contribution in [2.45, 2.75) is 6.61 Å². The number of nitrogens with zero attached hydrogens (tertiary/aromatic N) is 1. The van der Waals surface area contributed by atoms with Crippen LogP contribution in [0.15, 0.2) is 84.4 Å². The number of benzene rings is 3. The maximum Gasteiger partial charge on any atom is 0.270 e. The monoisotopic (exact) mass is 448 g/mol. The fourth-order valence-electron chi connectivity index (χ4n) is 3.04. The van der Waals surface area contributed by atoms with E-state index in [9.17, 15) is 9.59 Å². The molecule has 0 saturated carbocycles. The number of anilines is 1. The zero-order valence-electron chi connectivity index (χ0n) is 16.2. The molecule has 1 aliphatic rings. The van der Waals surface area contributed by atoms with E-state index in [-0.39, 0.29) is 10.7 Å². The van der Waals surface area contributed by atoms with Crippen LogP contribution in [0.4, 0.5) is 5.69 Å². The highest BCUT2D eigenvalue weighted by Gasteiger charge is 2.34. The molecule has 31 heavy (non-hydrogen) atoms. The van der Waals surface area contributed by atoms with Crippen molar-refractivity contribution < 1.29 is 14.3 Å². The smallest absolute Gasteiger partial charge is 0.270 e. The Hall–Kier alpha value is -3.48. The highest BCUT2D eigenvalue weighted by molar-refractivity contribution is 7.80. The summed E-state index contributed by atoms with van der Waals surface area (Å²) >= 11 is 11.1. The summed E-state index contributed by atoms with van der Waals surface area (Å²) in [5.41, 5.74) is 2.29. The minimum atomic E-state index is -0.523. The van der Waals surface area contributed by atoms with Crippen LogP contribution in [0.2, 0.25) is 5.02 Å². The van der Waals surface area contributed by atoms with Crippen LogP contribution in [-0.4, -0.2) is 16.9 Å². The van der Waals surface area contributed by atoms with Gasteiger partial charge in [0, 0.05) is 5.02 Å². The van der Waals surface area contributed by atoms with Crippen molar-refractivity contribution in [3.8, 4) is 5.75 Å². The topological polar surface area (TPSA) is 58.6 Å². The minimum absolute atomic E-state index is 0.00675. The highest BCUT2D eigenvalue weighted by atomic mass is 35.5. The van der Waals surface area contributed by atoms with E-state index in [1.54, 1.807) is 54.6 Å². The number of halogens is 1. The molecule has 5 nitrogen and oxygen atoms in total. The number of amides is 2. The molecule has 0 spiro atoms. The summed E-state index contributed by atoms with van der Waals surface area (Å²) in [6, 6.07) is 23.5. The first-order valence-corrected chi connectivity index (χ1v) is 10.2. The van der Waals surface area contributed by atoms with Crippen LogP contribution in [0.5, 0.6) is 5.75 Å². The van der Waals surface area contributed by atoms with E-state index in [1.165, 1.54) is 4.90 Å². The van der Waals surface area contributed by atoms with Gasteiger partial charge in [-0.1, -0.05) is 54.1 Å². The van der Waals surface area contributed by atoms with Crippen molar-refractivity contribution >= 4 is 52.5 Å². The average molecular weight is 449 g/mol. The fourth-order valence-corrected chi connectivity index (χ4v) is 3.45. The van der Waals surface area contributed by atoms with Gasteiger partial charge in [0.15, 0.2) is 5.11 Å². The Morgan fingerprint density at radius 3 is 2.29 bits per heavy atom. The summed E-state index contributed by atoms with van der Waals surface area (Å²) in [6.07, 6.45) is 1.54. The molecule has 0 aromatic heterocycles. The van der Waals surface area contributed by atoms with Crippen molar-refractivity contribution in [1.29, 1.82) is 0 Å². The number of hydrogen-bond acceptors (Lipinski definition) is 4. The summed E-state index contributed by atoms with van der Waals surface area (Å²) in [6.45, 7) is 0.405. The zero-order chi connectivity index (χ0) is 21.8. The summed E-state index contributed by atoms with van der Waals surface area (Å²) in [5.74, 6) is -0.322. The second kappa shape index (κ2) is 9.12. The molecule has 3 aromatic carbocycles. The number of thiocarbonyl (C=S) groups is 1. The number of hydrogen-bond donors (Lipinski definition) is 1. The third-order valence-corrected chi connectivity index (χ3v) is 5.16. The van der Waals surface area contributed by atoms with Gasteiger partial charge in [-0.2, -0.15) is 0 Å². The second-order valence-electron chi connectivity index (χ2n) is 6.78. The average Bonchev–Trinajstić information content (AvgIpc) is 2.78. The first kappa shape index (κ1) is 20.8. The molecule has 1 saturated heterocycles. The first-order valence-electron chi connectivity index (χ1n) is 9.45. The van der Waals surface area contributed by atoms with E-state index in [1.807, 2.05) is 30.3 Å². The maximum atomic E-state index is 13.0. The quantitative estimate of drug-likeness (QED) is 0.347. The van der Waals surface area contributed by atoms with E-state index in [0.717, 1.165) is 5.56 Å². The number of rotatable bonds is 5. The highest BCUT2D eigenvalue weighted by Crippen LogP contribution is 2.23.